The number of nitrogens with one attached hydrogen (secondary N) is 1. The molecule has 4 nitrogen and oxygen atoms in total. The second-order valence-corrected chi connectivity index (χ2v) is 5.11. The molecule has 1 aromatic carbocycles. The van der Waals surface area contributed by atoms with Gasteiger partial charge in [-0.15, -0.1) is 0 Å². The van der Waals surface area contributed by atoms with E-state index in [9.17, 15) is 9.59 Å². The number of carbonyl (C=O) groups excluding carboxylic acids is 1. The second kappa shape index (κ2) is 6.11. The highest BCUT2D eigenvalue weighted by Gasteiger charge is 2.09. The van der Waals surface area contributed by atoms with Gasteiger partial charge in [0, 0.05) is 12.3 Å². The van der Waals surface area contributed by atoms with Gasteiger partial charge in [0.05, 0.1) is 15.7 Å². The summed E-state index contributed by atoms with van der Waals surface area (Å²) in [6.07, 6.45) is 1.63. The number of aryl methyl sites for hydroxylation is 1. The molecule has 0 aliphatic heterocycles. The van der Waals surface area contributed by atoms with Crippen molar-refractivity contribution in [2.24, 2.45) is 0 Å². The minimum atomic E-state index is -0.345. The molecule has 104 valence electrons. The number of benzene rings is 1. The van der Waals surface area contributed by atoms with Gasteiger partial charge in [0.15, 0.2) is 0 Å². The number of hydrogen-bond acceptors (Lipinski definition) is 2. The molecule has 2 rings (SSSR count). The number of nitrogens with zero attached hydrogens (tertiary/aromatic N) is 1. The van der Waals surface area contributed by atoms with Gasteiger partial charge in [0.25, 0.3) is 5.56 Å². The van der Waals surface area contributed by atoms with Crippen molar-refractivity contribution in [3.05, 3.63) is 62.5 Å². The quantitative estimate of drug-likeness (QED) is 0.947. The third kappa shape index (κ3) is 3.40. The monoisotopic (exact) mass is 310 g/mol. The molecule has 0 aliphatic carbocycles. The maximum Gasteiger partial charge on any atom is 0.251 e. The third-order valence-electron chi connectivity index (χ3n) is 2.67. The summed E-state index contributed by atoms with van der Waals surface area (Å²) < 4.78 is 1.34. The van der Waals surface area contributed by atoms with E-state index in [1.807, 2.05) is 6.92 Å². The van der Waals surface area contributed by atoms with Gasteiger partial charge < -0.3 is 9.88 Å². The van der Waals surface area contributed by atoms with Crippen LogP contribution in [0.4, 0.5) is 5.69 Å². The Bertz CT molecular complexity index is 711. The van der Waals surface area contributed by atoms with Crippen LogP contribution in [0.25, 0.3) is 0 Å². The van der Waals surface area contributed by atoms with Gasteiger partial charge in [-0.1, -0.05) is 35.3 Å². The molecule has 0 radical (unpaired) electrons. The number of carbonyl (C=O) groups is 1. The van der Waals surface area contributed by atoms with Crippen LogP contribution in [-0.2, 0) is 11.3 Å². The van der Waals surface area contributed by atoms with E-state index in [1.165, 1.54) is 10.6 Å². The summed E-state index contributed by atoms with van der Waals surface area (Å²) in [5.74, 6) is -0.345. The van der Waals surface area contributed by atoms with Gasteiger partial charge in [0.1, 0.15) is 6.54 Å². The molecule has 1 heterocycles. The summed E-state index contributed by atoms with van der Waals surface area (Å²) in [5.41, 5.74) is 1.09. The van der Waals surface area contributed by atoms with E-state index < -0.39 is 0 Å². The molecule has 0 spiro atoms. The summed E-state index contributed by atoms with van der Waals surface area (Å²) in [6.45, 7) is 1.77. The van der Waals surface area contributed by atoms with Gasteiger partial charge in [0.2, 0.25) is 5.91 Å². The van der Waals surface area contributed by atoms with Crippen molar-refractivity contribution >= 4 is 34.8 Å². The molecule has 0 fully saturated rings. The summed E-state index contributed by atoms with van der Waals surface area (Å²) in [4.78, 5) is 23.6. The molecular weight excluding hydrogens is 299 g/mol. The van der Waals surface area contributed by atoms with Crippen molar-refractivity contribution in [2.75, 3.05) is 5.32 Å². The molecule has 6 heteroatoms. The number of anilines is 1. The average Bonchev–Trinajstić information content (AvgIpc) is 2.39. The lowest BCUT2D eigenvalue weighted by atomic mass is 10.3. The highest BCUT2D eigenvalue weighted by atomic mass is 35.5. The van der Waals surface area contributed by atoms with Crippen LogP contribution in [-0.4, -0.2) is 10.5 Å². The minimum Gasteiger partial charge on any atom is -0.323 e. The lowest BCUT2D eigenvalue weighted by molar-refractivity contribution is -0.116. The Balaban J connectivity index is 2.15. The predicted molar refractivity (Wildman–Crippen MR) is 80.5 cm³/mol. The zero-order valence-corrected chi connectivity index (χ0v) is 12.2. The Kier molecular flexibility index (Phi) is 4.47. The molecule has 0 atom stereocenters. The van der Waals surface area contributed by atoms with E-state index in [0.29, 0.717) is 10.7 Å². The maximum atomic E-state index is 11.9. The van der Waals surface area contributed by atoms with Crippen molar-refractivity contribution in [1.29, 1.82) is 0 Å². The molecule has 0 bridgehead atoms. The van der Waals surface area contributed by atoms with E-state index >= 15 is 0 Å². The van der Waals surface area contributed by atoms with Crippen LogP contribution < -0.4 is 10.9 Å². The Hall–Kier alpha value is -1.78. The van der Waals surface area contributed by atoms with Crippen LogP contribution in [0.3, 0.4) is 0 Å². The van der Waals surface area contributed by atoms with Crippen LogP contribution in [0.1, 0.15) is 5.56 Å². The largest absolute Gasteiger partial charge is 0.323 e. The highest BCUT2D eigenvalue weighted by Crippen LogP contribution is 2.29. The van der Waals surface area contributed by atoms with Crippen molar-refractivity contribution in [3.63, 3.8) is 0 Å². The van der Waals surface area contributed by atoms with E-state index in [2.05, 4.69) is 5.32 Å². The summed E-state index contributed by atoms with van der Waals surface area (Å²) in [6, 6.07) is 8.08. The molecule has 2 aromatic rings. The zero-order chi connectivity index (χ0) is 14.7. The minimum absolute atomic E-state index is 0.0800. The van der Waals surface area contributed by atoms with Gasteiger partial charge in [-0.3, -0.25) is 9.59 Å². The van der Waals surface area contributed by atoms with Gasteiger partial charge in [-0.05, 0) is 24.6 Å². The van der Waals surface area contributed by atoms with Crippen molar-refractivity contribution in [2.45, 2.75) is 13.5 Å². The number of aromatic nitrogens is 1. The maximum absolute atomic E-state index is 11.9. The van der Waals surface area contributed by atoms with Crippen molar-refractivity contribution < 1.29 is 4.79 Å². The fourth-order valence-electron chi connectivity index (χ4n) is 1.72. The Morgan fingerprint density at radius 2 is 2.00 bits per heavy atom. The second-order valence-electron chi connectivity index (χ2n) is 4.32. The first kappa shape index (κ1) is 14.6. The first-order valence-electron chi connectivity index (χ1n) is 5.88. The van der Waals surface area contributed by atoms with Crippen molar-refractivity contribution in [3.8, 4) is 0 Å². The standard InChI is InChI=1S/C14H12Cl2N2O2/c1-9-5-6-13(20)18(7-9)8-12(19)17-11-4-2-3-10(15)14(11)16/h2-7H,8H2,1H3,(H,17,19). The molecule has 20 heavy (non-hydrogen) atoms. The summed E-state index contributed by atoms with van der Waals surface area (Å²) >= 11 is 11.8. The SMILES string of the molecule is Cc1ccc(=O)n(CC(=O)Nc2cccc(Cl)c2Cl)c1. The fourth-order valence-corrected chi connectivity index (χ4v) is 2.07. The Morgan fingerprint density at radius 1 is 1.25 bits per heavy atom. The van der Waals surface area contributed by atoms with Crippen molar-refractivity contribution in [1.82, 2.24) is 4.57 Å². The summed E-state index contributed by atoms with van der Waals surface area (Å²) in [7, 11) is 0. The van der Waals surface area contributed by atoms with Gasteiger partial charge >= 0.3 is 0 Å². The topological polar surface area (TPSA) is 51.1 Å². The first-order valence-corrected chi connectivity index (χ1v) is 6.64. The number of pyridine rings is 1. The molecule has 0 saturated carbocycles. The molecule has 1 amide bonds. The third-order valence-corrected chi connectivity index (χ3v) is 3.49. The van der Waals surface area contributed by atoms with Crippen LogP contribution >= 0.6 is 23.2 Å². The molecule has 1 N–H and O–H groups in total. The Labute approximate surface area is 125 Å². The van der Waals surface area contributed by atoms with Crippen LogP contribution in [0.15, 0.2) is 41.3 Å². The average molecular weight is 311 g/mol. The zero-order valence-electron chi connectivity index (χ0n) is 10.7. The predicted octanol–water partition coefficient (Wildman–Crippen LogP) is 3.10. The molecule has 0 aliphatic rings. The van der Waals surface area contributed by atoms with Crippen LogP contribution in [0, 0.1) is 6.92 Å². The highest BCUT2D eigenvalue weighted by molar-refractivity contribution is 6.43. The molecule has 0 unspecified atom stereocenters. The lowest BCUT2D eigenvalue weighted by Crippen LogP contribution is -2.27. The van der Waals surface area contributed by atoms with Gasteiger partial charge in [-0.2, -0.15) is 0 Å². The fraction of sp³-hybridized carbons (Fsp3) is 0.143. The number of halogens is 2. The normalized spacial score (nSPS) is 10.3. The molecule has 1 aromatic heterocycles. The Morgan fingerprint density at radius 3 is 2.75 bits per heavy atom. The van der Waals surface area contributed by atoms with E-state index in [4.69, 9.17) is 23.2 Å². The molecular formula is C14H12Cl2N2O2. The lowest BCUT2D eigenvalue weighted by Gasteiger charge is -2.09. The number of hydrogen-bond donors (Lipinski definition) is 1. The van der Waals surface area contributed by atoms with E-state index in [0.717, 1.165) is 5.56 Å². The van der Waals surface area contributed by atoms with Gasteiger partial charge in [-0.25, -0.2) is 0 Å². The van der Waals surface area contributed by atoms with Crippen LogP contribution in [0.2, 0.25) is 10.0 Å². The number of amides is 1. The summed E-state index contributed by atoms with van der Waals surface area (Å²) in [5, 5.41) is 3.27. The van der Waals surface area contributed by atoms with E-state index in [1.54, 1.807) is 30.5 Å². The van der Waals surface area contributed by atoms with Crippen LogP contribution in [0.5, 0.6) is 0 Å². The first-order chi connectivity index (χ1) is 9.47. The van der Waals surface area contributed by atoms with E-state index in [-0.39, 0.29) is 23.0 Å². The smallest absolute Gasteiger partial charge is 0.251 e. The number of rotatable bonds is 3. The molecule has 0 saturated heterocycles.